The van der Waals surface area contributed by atoms with Crippen LogP contribution in [0.4, 0.5) is 0 Å². The van der Waals surface area contributed by atoms with Gasteiger partial charge in [-0.2, -0.15) is 0 Å². The number of aromatic nitrogens is 2. The van der Waals surface area contributed by atoms with E-state index in [0.717, 1.165) is 0 Å². The molecule has 1 heterocycles. The van der Waals surface area contributed by atoms with E-state index in [4.69, 9.17) is 9.47 Å². The zero-order valence-electron chi connectivity index (χ0n) is 11.3. The lowest BCUT2D eigenvalue weighted by molar-refractivity contribution is -0.142. The largest absolute Gasteiger partial charge is 0.465 e. The number of carbonyl (C=O) groups is 2. The molecule has 0 amide bonds. The van der Waals surface area contributed by atoms with E-state index in [9.17, 15) is 9.59 Å². The molecule has 7 heteroatoms. The number of carbonyl (C=O) groups excluding carboxylic acids is 2. The van der Waals surface area contributed by atoms with Crippen LogP contribution in [0.1, 0.15) is 37.7 Å². The number of H-pyrrole nitrogens is 1. The first-order valence-corrected chi connectivity index (χ1v) is 7.05. The average Bonchev–Trinajstić information content (AvgIpc) is 2.85. The van der Waals surface area contributed by atoms with E-state index in [1.54, 1.807) is 13.8 Å². The lowest BCUT2D eigenvalue weighted by atomic mass is 10.3. The molecule has 1 aromatic heterocycles. The molecule has 0 aliphatic carbocycles. The highest BCUT2D eigenvalue weighted by atomic mass is 32.2. The first-order valence-electron chi connectivity index (χ1n) is 6.17. The van der Waals surface area contributed by atoms with Crippen molar-refractivity contribution in [1.29, 1.82) is 0 Å². The monoisotopic (exact) mass is 286 g/mol. The molecule has 1 rings (SSSR count). The summed E-state index contributed by atoms with van der Waals surface area (Å²) in [5.41, 5.74) is 0.281. The highest BCUT2D eigenvalue weighted by Crippen LogP contribution is 2.23. The Hall–Kier alpha value is -1.50. The Balaban J connectivity index is 2.66. The van der Waals surface area contributed by atoms with Crippen LogP contribution in [0.3, 0.4) is 0 Å². The van der Waals surface area contributed by atoms with Crippen LogP contribution in [-0.2, 0) is 14.3 Å². The second kappa shape index (κ2) is 7.83. The van der Waals surface area contributed by atoms with E-state index < -0.39 is 5.97 Å². The van der Waals surface area contributed by atoms with Gasteiger partial charge in [0.05, 0.1) is 19.4 Å². The van der Waals surface area contributed by atoms with Crippen molar-refractivity contribution >= 4 is 23.7 Å². The van der Waals surface area contributed by atoms with Crippen molar-refractivity contribution < 1.29 is 19.1 Å². The molecule has 6 nitrogen and oxygen atoms in total. The molecule has 1 atom stereocenters. The Bertz CT molecular complexity index is 433. The standard InChI is InChI=1S/C12H18N2O4S/c1-4-9(11(16)18-6-3)19-12-13-7-8(14-12)10(15)17-5-2/h7,9H,4-6H2,1-3H3,(H,13,14). The van der Waals surface area contributed by atoms with Gasteiger partial charge in [0.1, 0.15) is 10.9 Å². The SMILES string of the molecule is CCOC(=O)c1cnc(SC(CC)C(=O)OCC)[nH]1. The Kier molecular flexibility index (Phi) is 6.41. The summed E-state index contributed by atoms with van der Waals surface area (Å²) < 4.78 is 9.81. The Morgan fingerprint density at radius 2 is 2.00 bits per heavy atom. The Morgan fingerprint density at radius 3 is 2.58 bits per heavy atom. The molecular weight excluding hydrogens is 268 g/mol. The lowest BCUT2D eigenvalue weighted by Crippen LogP contribution is -2.19. The number of esters is 2. The summed E-state index contributed by atoms with van der Waals surface area (Å²) in [7, 11) is 0. The molecule has 1 unspecified atom stereocenters. The van der Waals surface area contributed by atoms with E-state index in [2.05, 4.69) is 9.97 Å². The third-order valence-electron chi connectivity index (χ3n) is 2.22. The normalized spacial score (nSPS) is 11.9. The zero-order valence-corrected chi connectivity index (χ0v) is 12.1. The summed E-state index contributed by atoms with van der Waals surface area (Å²) in [5, 5.41) is 0.170. The first-order chi connectivity index (χ1) is 9.12. The van der Waals surface area contributed by atoms with Gasteiger partial charge in [0, 0.05) is 0 Å². The van der Waals surface area contributed by atoms with Crippen LogP contribution in [0.2, 0.25) is 0 Å². The van der Waals surface area contributed by atoms with Crippen molar-refractivity contribution in [2.24, 2.45) is 0 Å². The summed E-state index contributed by atoms with van der Waals surface area (Å²) >= 11 is 1.24. The van der Waals surface area contributed by atoms with E-state index >= 15 is 0 Å². The van der Waals surface area contributed by atoms with Crippen LogP contribution < -0.4 is 0 Å². The van der Waals surface area contributed by atoms with Crippen molar-refractivity contribution in [2.75, 3.05) is 13.2 Å². The molecule has 0 aliphatic rings. The van der Waals surface area contributed by atoms with Crippen molar-refractivity contribution in [1.82, 2.24) is 9.97 Å². The van der Waals surface area contributed by atoms with Crippen LogP contribution >= 0.6 is 11.8 Å². The number of ether oxygens (including phenoxy) is 2. The second-order valence-electron chi connectivity index (χ2n) is 3.59. The molecule has 0 bridgehead atoms. The van der Waals surface area contributed by atoms with Gasteiger partial charge in [0.25, 0.3) is 0 Å². The molecule has 0 radical (unpaired) electrons. The maximum absolute atomic E-state index is 11.6. The number of nitrogens with zero attached hydrogens (tertiary/aromatic N) is 1. The molecule has 0 spiro atoms. The van der Waals surface area contributed by atoms with Crippen LogP contribution in [0.25, 0.3) is 0 Å². The van der Waals surface area contributed by atoms with Gasteiger partial charge in [0.15, 0.2) is 5.16 Å². The van der Waals surface area contributed by atoms with Gasteiger partial charge in [-0.05, 0) is 20.3 Å². The summed E-state index contributed by atoms with van der Waals surface area (Å²) in [6, 6.07) is 0. The number of hydrogen-bond acceptors (Lipinski definition) is 6. The molecule has 0 aliphatic heterocycles. The minimum atomic E-state index is -0.453. The number of nitrogens with one attached hydrogen (secondary N) is 1. The summed E-state index contributed by atoms with van der Waals surface area (Å²) in [4.78, 5) is 30.0. The second-order valence-corrected chi connectivity index (χ2v) is 4.78. The first kappa shape index (κ1) is 15.6. The Labute approximate surface area is 116 Å². The maximum Gasteiger partial charge on any atom is 0.356 e. The van der Waals surface area contributed by atoms with Crippen molar-refractivity contribution in [3.8, 4) is 0 Å². The summed E-state index contributed by atoms with van der Waals surface area (Å²) in [6.45, 7) is 6.05. The number of aromatic amines is 1. The fraction of sp³-hybridized carbons (Fsp3) is 0.583. The van der Waals surface area contributed by atoms with Gasteiger partial charge in [-0.15, -0.1) is 0 Å². The van der Waals surface area contributed by atoms with E-state index in [1.165, 1.54) is 18.0 Å². The number of thioether (sulfide) groups is 1. The molecule has 106 valence electrons. The smallest absolute Gasteiger partial charge is 0.356 e. The van der Waals surface area contributed by atoms with Gasteiger partial charge in [0.2, 0.25) is 0 Å². The number of imidazole rings is 1. The fourth-order valence-corrected chi connectivity index (χ4v) is 2.23. The third kappa shape index (κ3) is 4.59. The minimum absolute atomic E-state index is 0.274. The summed E-state index contributed by atoms with van der Waals surface area (Å²) in [5.74, 6) is -0.727. The van der Waals surface area contributed by atoms with Crippen LogP contribution in [0.15, 0.2) is 11.4 Å². The Morgan fingerprint density at radius 1 is 1.32 bits per heavy atom. The zero-order chi connectivity index (χ0) is 14.3. The van der Waals surface area contributed by atoms with Crippen LogP contribution in [0.5, 0.6) is 0 Å². The molecule has 1 aromatic rings. The van der Waals surface area contributed by atoms with Crippen molar-refractivity contribution in [2.45, 2.75) is 37.6 Å². The molecule has 0 saturated carbocycles. The molecule has 0 fully saturated rings. The highest BCUT2D eigenvalue weighted by Gasteiger charge is 2.21. The predicted molar refractivity (Wildman–Crippen MR) is 71.1 cm³/mol. The van der Waals surface area contributed by atoms with E-state index in [-0.39, 0.29) is 16.9 Å². The van der Waals surface area contributed by atoms with E-state index in [1.807, 2.05) is 6.92 Å². The maximum atomic E-state index is 11.6. The fourth-order valence-electron chi connectivity index (χ4n) is 1.34. The molecule has 19 heavy (non-hydrogen) atoms. The third-order valence-corrected chi connectivity index (χ3v) is 3.46. The van der Waals surface area contributed by atoms with Gasteiger partial charge < -0.3 is 14.5 Å². The van der Waals surface area contributed by atoms with Gasteiger partial charge in [-0.3, -0.25) is 4.79 Å². The highest BCUT2D eigenvalue weighted by molar-refractivity contribution is 8.00. The lowest BCUT2D eigenvalue weighted by Gasteiger charge is -2.10. The summed E-state index contributed by atoms with van der Waals surface area (Å²) in [6.07, 6.45) is 2.02. The van der Waals surface area contributed by atoms with Gasteiger partial charge in [-0.1, -0.05) is 18.7 Å². The van der Waals surface area contributed by atoms with E-state index in [0.29, 0.717) is 24.8 Å². The minimum Gasteiger partial charge on any atom is -0.465 e. The quantitative estimate of drug-likeness (QED) is 0.610. The molecule has 0 saturated heterocycles. The van der Waals surface area contributed by atoms with Crippen LogP contribution in [0, 0.1) is 0 Å². The topological polar surface area (TPSA) is 81.3 Å². The average molecular weight is 286 g/mol. The molecular formula is C12H18N2O4S. The molecule has 0 aromatic carbocycles. The van der Waals surface area contributed by atoms with Crippen LogP contribution in [-0.4, -0.2) is 40.4 Å². The van der Waals surface area contributed by atoms with Crippen molar-refractivity contribution in [3.05, 3.63) is 11.9 Å². The predicted octanol–water partition coefficient (Wildman–Crippen LogP) is 2.02. The van der Waals surface area contributed by atoms with Crippen molar-refractivity contribution in [3.63, 3.8) is 0 Å². The van der Waals surface area contributed by atoms with Gasteiger partial charge in [-0.25, -0.2) is 9.78 Å². The number of rotatable bonds is 7. The molecule has 1 N–H and O–H groups in total. The van der Waals surface area contributed by atoms with Gasteiger partial charge >= 0.3 is 11.9 Å². The number of hydrogen-bond donors (Lipinski definition) is 1.